The molecule has 0 aliphatic carbocycles. The molecule has 0 amide bonds. The number of thiocarbonyl (C=S) groups is 1. The Labute approximate surface area is 127 Å². The fourth-order valence-corrected chi connectivity index (χ4v) is 1.70. The van der Waals surface area contributed by atoms with E-state index in [0.717, 1.165) is 0 Å². The quantitative estimate of drug-likeness (QED) is 0.444. The Balaban J connectivity index is 3.01. The average Bonchev–Trinajstić information content (AvgIpc) is 2.36. The molecule has 0 unspecified atom stereocenters. The van der Waals surface area contributed by atoms with E-state index in [-0.39, 0.29) is 24.3 Å². The first-order valence-electron chi connectivity index (χ1n) is 5.99. The minimum Gasteiger partial charge on any atom is -0.396 e. The molecule has 1 aromatic rings. The van der Waals surface area contributed by atoms with Crippen LogP contribution in [0.5, 0.6) is 0 Å². The van der Waals surface area contributed by atoms with Gasteiger partial charge in [-0.05, 0) is 36.8 Å². The van der Waals surface area contributed by atoms with Gasteiger partial charge < -0.3 is 15.7 Å². The van der Waals surface area contributed by atoms with Crippen molar-refractivity contribution < 1.29 is 31.4 Å². The molecule has 0 heterocycles. The van der Waals surface area contributed by atoms with E-state index in [1.165, 1.54) is 0 Å². The maximum Gasteiger partial charge on any atom is 0.416 e. The van der Waals surface area contributed by atoms with Crippen LogP contribution < -0.4 is 10.6 Å². The topological polar surface area (TPSA) is 44.3 Å². The molecule has 124 valence electrons. The fourth-order valence-electron chi connectivity index (χ4n) is 1.48. The molecule has 1 aromatic carbocycles. The van der Waals surface area contributed by atoms with Gasteiger partial charge >= 0.3 is 12.4 Å². The van der Waals surface area contributed by atoms with Crippen LogP contribution in [0.4, 0.5) is 32.0 Å². The van der Waals surface area contributed by atoms with Crippen molar-refractivity contribution in [3.05, 3.63) is 29.3 Å². The van der Waals surface area contributed by atoms with Crippen LogP contribution in [0.3, 0.4) is 0 Å². The highest BCUT2D eigenvalue weighted by Crippen LogP contribution is 2.37. The van der Waals surface area contributed by atoms with Gasteiger partial charge in [0.15, 0.2) is 5.11 Å². The van der Waals surface area contributed by atoms with Crippen LogP contribution in [0.15, 0.2) is 18.2 Å². The van der Waals surface area contributed by atoms with Gasteiger partial charge in [0, 0.05) is 18.8 Å². The van der Waals surface area contributed by atoms with Gasteiger partial charge in [-0.3, -0.25) is 0 Å². The van der Waals surface area contributed by atoms with Crippen molar-refractivity contribution >= 4 is 23.0 Å². The Morgan fingerprint density at radius 1 is 1.00 bits per heavy atom. The molecule has 0 fully saturated rings. The monoisotopic (exact) mass is 346 g/mol. The van der Waals surface area contributed by atoms with Gasteiger partial charge in [0.25, 0.3) is 0 Å². The lowest BCUT2D eigenvalue weighted by atomic mass is 10.1. The maximum absolute atomic E-state index is 12.7. The van der Waals surface area contributed by atoms with E-state index in [1.54, 1.807) is 0 Å². The van der Waals surface area contributed by atoms with Crippen molar-refractivity contribution in [2.45, 2.75) is 18.8 Å². The number of hydrogen-bond donors (Lipinski definition) is 3. The molecular formula is C12H12F6N2OS. The molecule has 0 saturated heterocycles. The zero-order valence-electron chi connectivity index (χ0n) is 11.0. The van der Waals surface area contributed by atoms with E-state index in [1.807, 2.05) is 0 Å². The summed E-state index contributed by atoms with van der Waals surface area (Å²) in [4.78, 5) is 0. The Morgan fingerprint density at radius 2 is 1.50 bits per heavy atom. The Morgan fingerprint density at radius 3 is 1.91 bits per heavy atom. The smallest absolute Gasteiger partial charge is 0.396 e. The summed E-state index contributed by atoms with van der Waals surface area (Å²) < 4.78 is 75.9. The second kappa shape index (κ2) is 7.14. The number of aliphatic hydroxyl groups is 1. The highest BCUT2D eigenvalue weighted by Gasteiger charge is 2.36. The predicted molar refractivity (Wildman–Crippen MR) is 72.4 cm³/mol. The van der Waals surface area contributed by atoms with Crippen molar-refractivity contribution in [3.63, 3.8) is 0 Å². The van der Waals surface area contributed by atoms with E-state index in [0.29, 0.717) is 18.6 Å². The van der Waals surface area contributed by atoms with Crippen LogP contribution >= 0.6 is 12.2 Å². The van der Waals surface area contributed by atoms with E-state index >= 15 is 0 Å². The summed E-state index contributed by atoms with van der Waals surface area (Å²) in [6, 6.07) is 1.11. The van der Waals surface area contributed by atoms with Crippen LogP contribution in [0, 0.1) is 0 Å². The van der Waals surface area contributed by atoms with Gasteiger partial charge in [0.1, 0.15) is 0 Å². The standard InChI is InChI=1S/C12H12F6N2OS/c13-11(14,15)7-4-8(12(16,17)18)6-9(5-7)20-10(22)19-2-1-3-21/h4-6,21H,1-3H2,(H2,19,20,22). The minimum atomic E-state index is -4.91. The molecule has 0 radical (unpaired) electrons. The van der Waals surface area contributed by atoms with Crippen LogP contribution in [0.1, 0.15) is 17.5 Å². The molecule has 3 nitrogen and oxygen atoms in total. The normalized spacial score (nSPS) is 12.1. The Hall–Kier alpha value is -1.55. The van der Waals surface area contributed by atoms with Gasteiger partial charge in [-0.15, -0.1) is 0 Å². The van der Waals surface area contributed by atoms with Crippen LogP contribution in [0.2, 0.25) is 0 Å². The molecule has 0 spiro atoms. The zero-order valence-corrected chi connectivity index (χ0v) is 11.8. The number of anilines is 1. The van der Waals surface area contributed by atoms with E-state index in [4.69, 9.17) is 17.3 Å². The minimum absolute atomic E-state index is 0.0351. The van der Waals surface area contributed by atoms with Gasteiger partial charge in [0.2, 0.25) is 0 Å². The van der Waals surface area contributed by atoms with Crippen LogP contribution in [0.25, 0.3) is 0 Å². The van der Waals surface area contributed by atoms with Crippen molar-refractivity contribution in [1.82, 2.24) is 5.32 Å². The molecule has 10 heteroatoms. The van der Waals surface area contributed by atoms with E-state index in [9.17, 15) is 26.3 Å². The Kier molecular flexibility index (Phi) is 6.00. The summed E-state index contributed by atoms with van der Waals surface area (Å²) in [6.07, 6.45) is -9.49. The summed E-state index contributed by atoms with van der Waals surface area (Å²) >= 11 is 4.76. The second-order valence-corrected chi connectivity index (χ2v) is 4.66. The van der Waals surface area contributed by atoms with Crippen molar-refractivity contribution in [3.8, 4) is 0 Å². The molecular weight excluding hydrogens is 334 g/mol. The molecule has 0 saturated carbocycles. The summed E-state index contributed by atoms with van der Waals surface area (Å²) in [5, 5.41) is 13.2. The largest absolute Gasteiger partial charge is 0.416 e. The highest BCUT2D eigenvalue weighted by atomic mass is 32.1. The third kappa shape index (κ3) is 5.68. The number of aliphatic hydroxyl groups excluding tert-OH is 1. The summed E-state index contributed by atoms with van der Waals surface area (Å²) in [6.45, 7) is 0.102. The molecule has 0 bridgehead atoms. The summed E-state index contributed by atoms with van der Waals surface area (Å²) in [5.41, 5.74) is -3.28. The van der Waals surface area contributed by atoms with Gasteiger partial charge in [-0.2, -0.15) is 26.3 Å². The second-order valence-electron chi connectivity index (χ2n) is 4.25. The van der Waals surface area contributed by atoms with Crippen molar-refractivity contribution in [1.29, 1.82) is 0 Å². The number of nitrogens with one attached hydrogen (secondary N) is 2. The number of alkyl halides is 6. The van der Waals surface area contributed by atoms with Gasteiger partial charge in [-0.25, -0.2) is 0 Å². The summed E-state index contributed by atoms with van der Waals surface area (Å²) in [7, 11) is 0. The van der Waals surface area contributed by atoms with Gasteiger partial charge in [-0.1, -0.05) is 0 Å². The lowest BCUT2D eigenvalue weighted by Crippen LogP contribution is -2.30. The first-order valence-corrected chi connectivity index (χ1v) is 6.40. The SMILES string of the molecule is OCCCNC(=S)Nc1cc(C(F)(F)F)cc(C(F)(F)F)c1. The predicted octanol–water partition coefficient (Wildman–Crippen LogP) is 3.39. The molecule has 0 atom stereocenters. The molecule has 0 aliphatic heterocycles. The molecule has 1 rings (SSSR count). The van der Waals surface area contributed by atoms with E-state index < -0.39 is 29.2 Å². The van der Waals surface area contributed by atoms with Crippen molar-refractivity contribution in [2.75, 3.05) is 18.5 Å². The zero-order chi connectivity index (χ0) is 17.0. The van der Waals surface area contributed by atoms with Gasteiger partial charge in [0.05, 0.1) is 11.1 Å². The number of halogens is 6. The van der Waals surface area contributed by atoms with Crippen LogP contribution in [-0.4, -0.2) is 23.4 Å². The molecule has 22 heavy (non-hydrogen) atoms. The molecule has 0 aliphatic rings. The Bertz CT molecular complexity index is 497. The fraction of sp³-hybridized carbons (Fsp3) is 0.417. The molecule has 0 aromatic heterocycles. The van der Waals surface area contributed by atoms with E-state index in [2.05, 4.69) is 10.6 Å². The first kappa shape index (κ1) is 18.5. The third-order valence-electron chi connectivity index (χ3n) is 2.47. The summed E-state index contributed by atoms with van der Waals surface area (Å²) in [5.74, 6) is 0. The first-order chi connectivity index (χ1) is 10.0. The van der Waals surface area contributed by atoms with Crippen molar-refractivity contribution in [2.24, 2.45) is 0 Å². The maximum atomic E-state index is 12.7. The number of hydrogen-bond acceptors (Lipinski definition) is 2. The molecule has 3 N–H and O–H groups in total. The van der Waals surface area contributed by atoms with Crippen LogP contribution in [-0.2, 0) is 12.4 Å². The lowest BCUT2D eigenvalue weighted by molar-refractivity contribution is -0.143. The average molecular weight is 346 g/mol. The highest BCUT2D eigenvalue weighted by molar-refractivity contribution is 7.80. The lowest BCUT2D eigenvalue weighted by Gasteiger charge is -2.16. The number of rotatable bonds is 4. The third-order valence-corrected chi connectivity index (χ3v) is 2.71. The number of benzene rings is 1.